The van der Waals surface area contributed by atoms with E-state index in [1.165, 1.54) is 19.2 Å². The Morgan fingerprint density at radius 2 is 2.36 bits per heavy atom. The SMILES string of the molecule is C=C(C(=O)OC)C(O)c1ccc(Cl)o1. The highest BCUT2D eigenvalue weighted by atomic mass is 35.5. The van der Waals surface area contributed by atoms with Gasteiger partial charge in [-0.1, -0.05) is 6.58 Å². The lowest BCUT2D eigenvalue weighted by Gasteiger charge is -2.08. The number of aliphatic hydroxyl groups is 1. The number of esters is 1. The van der Waals surface area contributed by atoms with Crippen molar-refractivity contribution in [2.75, 3.05) is 7.11 Å². The lowest BCUT2D eigenvalue weighted by Crippen LogP contribution is -2.11. The van der Waals surface area contributed by atoms with Crippen LogP contribution in [-0.4, -0.2) is 18.2 Å². The second kappa shape index (κ2) is 4.30. The Balaban J connectivity index is 2.80. The minimum Gasteiger partial charge on any atom is -0.466 e. The zero-order valence-corrected chi connectivity index (χ0v) is 8.25. The molecule has 0 amide bonds. The first-order chi connectivity index (χ1) is 6.56. The lowest BCUT2D eigenvalue weighted by atomic mass is 10.1. The second-order valence-electron chi connectivity index (χ2n) is 2.56. The standard InChI is InChI=1S/C9H9ClO4/c1-5(9(12)13-2)8(11)6-3-4-7(10)14-6/h3-4,8,11H,1H2,2H3. The molecule has 76 valence electrons. The zero-order valence-electron chi connectivity index (χ0n) is 7.49. The first-order valence-corrected chi connectivity index (χ1v) is 4.14. The van der Waals surface area contributed by atoms with Crippen LogP contribution in [0.2, 0.25) is 5.22 Å². The quantitative estimate of drug-likeness (QED) is 0.617. The van der Waals surface area contributed by atoms with Crippen LogP contribution in [0.4, 0.5) is 0 Å². The van der Waals surface area contributed by atoms with Crippen LogP contribution in [0.5, 0.6) is 0 Å². The Hall–Kier alpha value is -1.26. The molecule has 1 aromatic heterocycles. The Labute approximate surface area is 85.7 Å². The van der Waals surface area contributed by atoms with Crippen molar-refractivity contribution in [2.24, 2.45) is 0 Å². The summed E-state index contributed by atoms with van der Waals surface area (Å²) in [6, 6.07) is 2.92. The number of methoxy groups -OCH3 is 1. The minimum atomic E-state index is -1.23. The summed E-state index contributed by atoms with van der Waals surface area (Å²) in [5.41, 5.74) is -0.0986. The number of carbonyl (C=O) groups is 1. The van der Waals surface area contributed by atoms with Gasteiger partial charge >= 0.3 is 5.97 Å². The Morgan fingerprint density at radius 3 is 2.79 bits per heavy atom. The van der Waals surface area contributed by atoms with Gasteiger partial charge in [-0.3, -0.25) is 0 Å². The summed E-state index contributed by atoms with van der Waals surface area (Å²) in [6.45, 7) is 3.38. The van der Waals surface area contributed by atoms with Crippen LogP contribution >= 0.6 is 11.6 Å². The smallest absolute Gasteiger partial charge is 0.336 e. The number of hydrogen-bond acceptors (Lipinski definition) is 4. The number of carbonyl (C=O) groups excluding carboxylic acids is 1. The number of ether oxygens (including phenoxy) is 1. The summed E-state index contributed by atoms with van der Waals surface area (Å²) >= 11 is 5.50. The average Bonchev–Trinajstić information content (AvgIpc) is 2.61. The fraction of sp³-hybridized carbons (Fsp3) is 0.222. The molecular weight excluding hydrogens is 208 g/mol. The monoisotopic (exact) mass is 216 g/mol. The maximum Gasteiger partial charge on any atom is 0.336 e. The van der Waals surface area contributed by atoms with Gasteiger partial charge in [-0.05, 0) is 23.7 Å². The van der Waals surface area contributed by atoms with Crippen LogP contribution in [-0.2, 0) is 9.53 Å². The van der Waals surface area contributed by atoms with E-state index in [1.54, 1.807) is 0 Å². The lowest BCUT2D eigenvalue weighted by molar-refractivity contribution is -0.137. The van der Waals surface area contributed by atoms with E-state index >= 15 is 0 Å². The van der Waals surface area contributed by atoms with E-state index in [0.717, 1.165) is 0 Å². The molecule has 0 bridgehead atoms. The van der Waals surface area contributed by atoms with Gasteiger partial charge in [0.15, 0.2) is 5.22 Å². The molecule has 0 radical (unpaired) electrons. The molecule has 14 heavy (non-hydrogen) atoms. The fourth-order valence-electron chi connectivity index (χ4n) is 0.890. The van der Waals surface area contributed by atoms with Gasteiger partial charge in [0, 0.05) is 0 Å². The van der Waals surface area contributed by atoms with Gasteiger partial charge in [-0.15, -0.1) is 0 Å². The molecule has 0 fully saturated rings. The van der Waals surface area contributed by atoms with E-state index in [-0.39, 0.29) is 16.6 Å². The van der Waals surface area contributed by atoms with Crippen molar-refractivity contribution in [3.05, 3.63) is 35.3 Å². The van der Waals surface area contributed by atoms with Crippen molar-refractivity contribution >= 4 is 17.6 Å². The third kappa shape index (κ3) is 2.16. The van der Waals surface area contributed by atoms with Crippen molar-refractivity contribution in [2.45, 2.75) is 6.10 Å². The van der Waals surface area contributed by atoms with E-state index in [0.29, 0.717) is 0 Å². The van der Waals surface area contributed by atoms with Crippen molar-refractivity contribution in [1.29, 1.82) is 0 Å². The zero-order chi connectivity index (χ0) is 10.7. The molecule has 0 saturated carbocycles. The van der Waals surface area contributed by atoms with Gasteiger partial charge in [0.2, 0.25) is 0 Å². The van der Waals surface area contributed by atoms with Gasteiger partial charge in [0.25, 0.3) is 0 Å². The van der Waals surface area contributed by atoms with Gasteiger partial charge < -0.3 is 14.3 Å². The molecule has 0 aromatic carbocycles. The molecule has 0 aliphatic heterocycles. The van der Waals surface area contributed by atoms with Crippen molar-refractivity contribution in [3.63, 3.8) is 0 Å². The molecule has 5 heteroatoms. The topological polar surface area (TPSA) is 59.7 Å². The summed E-state index contributed by atoms with van der Waals surface area (Å²) in [6.07, 6.45) is -1.23. The highest BCUT2D eigenvalue weighted by molar-refractivity contribution is 6.28. The molecule has 1 atom stereocenters. The number of halogens is 1. The third-order valence-electron chi connectivity index (χ3n) is 1.64. The fourth-order valence-corrected chi connectivity index (χ4v) is 1.04. The largest absolute Gasteiger partial charge is 0.466 e. The molecule has 4 nitrogen and oxygen atoms in total. The molecular formula is C9H9ClO4. The van der Waals surface area contributed by atoms with Crippen LogP contribution < -0.4 is 0 Å². The number of rotatable bonds is 3. The maximum absolute atomic E-state index is 11.0. The van der Waals surface area contributed by atoms with E-state index in [4.69, 9.17) is 16.0 Å². The second-order valence-corrected chi connectivity index (χ2v) is 2.93. The van der Waals surface area contributed by atoms with E-state index in [1.807, 2.05) is 0 Å². The van der Waals surface area contributed by atoms with Crippen LogP contribution in [0.25, 0.3) is 0 Å². The Kier molecular flexibility index (Phi) is 3.33. The first-order valence-electron chi connectivity index (χ1n) is 3.76. The maximum atomic E-state index is 11.0. The molecule has 1 aromatic rings. The van der Waals surface area contributed by atoms with Crippen molar-refractivity contribution in [3.8, 4) is 0 Å². The van der Waals surface area contributed by atoms with E-state index in [9.17, 15) is 9.90 Å². The predicted octanol–water partition coefficient (Wildman–Crippen LogP) is 1.70. The molecule has 0 aliphatic carbocycles. The predicted molar refractivity (Wildman–Crippen MR) is 49.8 cm³/mol. The molecule has 1 N–H and O–H groups in total. The van der Waals surface area contributed by atoms with E-state index in [2.05, 4.69) is 11.3 Å². The molecule has 0 aliphatic rings. The summed E-state index contributed by atoms with van der Waals surface area (Å²) < 4.78 is 9.30. The van der Waals surface area contributed by atoms with Crippen LogP contribution in [0.3, 0.4) is 0 Å². The Morgan fingerprint density at radius 1 is 1.71 bits per heavy atom. The molecule has 0 saturated heterocycles. The summed E-state index contributed by atoms with van der Waals surface area (Å²) in [7, 11) is 1.20. The number of hydrogen-bond donors (Lipinski definition) is 1. The van der Waals surface area contributed by atoms with Crippen LogP contribution in [0.1, 0.15) is 11.9 Å². The van der Waals surface area contributed by atoms with Crippen LogP contribution in [0.15, 0.2) is 28.7 Å². The molecule has 1 unspecified atom stereocenters. The molecule has 1 heterocycles. The van der Waals surface area contributed by atoms with Crippen molar-refractivity contribution < 1.29 is 19.1 Å². The number of aliphatic hydroxyl groups excluding tert-OH is 1. The minimum absolute atomic E-state index is 0.0986. The Bertz CT molecular complexity index is 355. The van der Waals surface area contributed by atoms with E-state index < -0.39 is 12.1 Å². The first kappa shape index (κ1) is 10.8. The highest BCUT2D eigenvalue weighted by Crippen LogP contribution is 2.25. The van der Waals surface area contributed by atoms with Crippen molar-refractivity contribution in [1.82, 2.24) is 0 Å². The van der Waals surface area contributed by atoms with Gasteiger partial charge in [-0.25, -0.2) is 4.79 Å². The van der Waals surface area contributed by atoms with Gasteiger partial charge in [0.1, 0.15) is 11.9 Å². The number of furan rings is 1. The highest BCUT2D eigenvalue weighted by Gasteiger charge is 2.21. The van der Waals surface area contributed by atoms with Gasteiger partial charge in [0.05, 0.1) is 12.7 Å². The normalized spacial score (nSPS) is 12.2. The molecule has 0 spiro atoms. The van der Waals surface area contributed by atoms with Gasteiger partial charge in [-0.2, -0.15) is 0 Å². The average molecular weight is 217 g/mol. The third-order valence-corrected chi connectivity index (χ3v) is 1.84. The van der Waals surface area contributed by atoms with Crippen LogP contribution in [0, 0.1) is 0 Å². The summed E-state index contributed by atoms with van der Waals surface area (Å²) in [5, 5.41) is 9.69. The molecule has 1 rings (SSSR count). The summed E-state index contributed by atoms with van der Waals surface area (Å²) in [4.78, 5) is 11.0. The summed E-state index contributed by atoms with van der Waals surface area (Å²) in [5.74, 6) is -0.532.